The van der Waals surface area contributed by atoms with Gasteiger partial charge in [0.2, 0.25) is 5.91 Å². The summed E-state index contributed by atoms with van der Waals surface area (Å²) in [6, 6.07) is 2.71. The molecule has 0 radical (unpaired) electrons. The third-order valence-corrected chi connectivity index (χ3v) is 4.12. The minimum atomic E-state index is -0.703. The molecule has 22 heavy (non-hydrogen) atoms. The van der Waals surface area contributed by atoms with Crippen molar-refractivity contribution in [2.24, 2.45) is 0 Å². The zero-order chi connectivity index (χ0) is 16.3. The predicted molar refractivity (Wildman–Crippen MR) is 76.7 cm³/mol. The first kappa shape index (κ1) is 16.1. The molecule has 11 nitrogen and oxygen atoms in total. The third-order valence-electron chi connectivity index (χ3n) is 2.88. The molecule has 0 saturated carbocycles. The Labute approximate surface area is 128 Å². The lowest BCUT2D eigenvalue weighted by molar-refractivity contribution is -0.396. The Bertz CT molecular complexity index is 626. The molecule has 0 bridgehead atoms. The van der Waals surface area contributed by atoms with Crippen LogP contribution >= 0.6 is 11.8 Å². The molecule has 2 atom stereocenters. The maximum absolute atomic E-state index is 11.7. The van der Waals surface area contributed by atoms with E-state index in [0.717, 1.165) is 17.8 Å². The number of benzene rings is 1. The second kappa shape index (κ2) is 6.65. The Morgan fingerprint density at radius 1 is 1.27 bits per heavy atom. The number of non-ortho nitro benzene ring substituents is 1. The molecule has 1 aliphatic rings. The fourth-order valence-electron chi connectivity index (χ4n) is 1.80. The number of hydrogen-bond acceptors (Lipinski definition) is 9. The number of nitro benzene ring substituents is 2. The number of likely N-dealkylation sites (N-methyl/N-ethyl adjacent to an activating group) is 1. The number of rotatable bonds is 5. The number of thioether (sulfide) groups is 1. The number of nitro groups is 2. The lowest BCUT2D eigenvalue weighted by Gasteiger charge is -2.15. The minimum Gasteiger partial charge on any atom is -0.358 e. The van der Waals surface area contributed by atoms with Crippen molar-refractivity contribution in [2.75, 3.05) is 7.05 Å². The van der Waals surface area contributed by atoms with E-state index in [9.17, 15) is 25.0 Å². The van der Waals surface area contributed by atoms with Gasteiger partial charge < -0.3 is 5.32 Å². The van der Waals surface area contributed by atoms with Crippen molar-refractivity contribution in [1.29, 1.82) is 0 Å². The molecule has 2 unspecified atom stereocenters. The Morgan fingerprint density at radius 3 is 2.59 bits per heavy atom. The first-order valence-corrected chi connectivity index (χ1v) is 6.89. The standard InChI is InChI=1S/C10H12N6O5S/c1-11-9(17)8-10(13-14-12-8)22-7-3-2-5(15(18)19)4-6(7)16(20)21/h2-4,8,10,12-14H,1H3,(H,11,17). The van der Waals surface area contributed by atoms with Gasteiger partial charge in [0, 0.05) is 13.1 Å². The Balaban J connectivity index is 2.27. The van der Waals surface area contributed by atoms with Crippen LogP contribution < -0.4 is 21.7 Å². The van der Waals surface area contributed by atoms with Gasteiger partial charge in [0.05, 0.1) is 26.2 Å². The SMILES string of the molecule is CNC(=O)C1NNNC1Sc1ccc([N+](=O)[O-])cc1[N+](=O)[O-]. The van der Waals surface area contributed by atoms with Gasteiger partial charge in [0.1, 0.15) is 6.04 Å². The molecule has 12 heteroatoms. The van der Waals surface area contributed by atoms with Gasteiger partial charge in [0.15, 0.2) is 0 Å². The van der Waals surface area contributed by atoms with E-state index in [2.05, 4.69) is 21.7 Å². The van der Waals surface area contributed by atoms with Gasteiger partial charge in [0.25, 0.3) is 11.4 Å². The van der Waals surface area contributed by atoms with Crippen LogP contribution in [-0.4, -0.2) is 34.2 Å². The number of carbonyl (C=O) groups is 1. The van der Waals surface area contributed by atoms with Crippen molar-refractivity contribution < 1.29 is 14.6 Å². The number of nitrogens with zero attached hydrogens (tertiary/aromatic N) is 2. The molecule has 1 saturated heterocycles. The van der Waals surface area contributed by atoms with Crippen molar-refractivity contribution in [2.45, 2.75) is 16.3 Å². The van der Waals surface area contributed by atoms with Gasteiger partial charge in [-0.3, -0.25) is 25.0 Å². The van der Waals surface area contributed by atoms with Crippen LogP contribution in [0.1, 0.15) is 0 Å². The average molecular weight is 328 g/mol. The van der Waals surface area contributed by atoms with E-state index < -0.39 is 21.3 Å². The monoisotopic (exact) mass is 328 g/mol. The van der Waals surface area contributed by atoms with Crippen LogP contribution in [0.5, 0.6) is 0 Å². The van der Waals surface area contributed by atoms with Gasteiger partial charge in [-0.15, -0.1) is 0 Å². The molecular formula is C10H12N6O5S. The van der Waals surface area contributed by atoms with Crippen LogP contribution in [0.3, 0.4) is 0 Å². The van der Waals surface area contributed by atoms with Crippen molar-refractivity contribution >= 4 is 29.0 Å². The zero-order valence-corrected chi connectivity index (χ0v) is 12.0. The van der Waals surface area contributed by atoms with E-state index in [4.69, 9.17) is 0 Å². The Hall–Kier alpha value is -2.28. The van der Waals surface area contributed by atoms with Crippen LogP contribution in [0, 0.1) is 20.2 Å². The predicted octanol–water partition coefficient (Wildman–Crippen LogP) is -0.352. The molecule has 1 aromatic carbocycles. The van der Waals surface area contributed by atoms with Crippen molar-refractivity contribution in [3.8, 4) is 0 Å². The molecule has 4 N–H and O–H groups in total. The highest BCUT2D eigenvalue weighted by atomic mass is 32.2. The molecule has 118 valence electrons. The second-order valence-electron chi connectivity index (χ2n) is 4.21. The molecular weight excluding hydrogens is 316 g/mol. The molecule has 0 spiro atoms. The first-order chi connectivity index (χ1) is 10.4. The summed E-state index contributed by atoms with van der Waals surface area (Å²) in [4.78, 5) is 32.3. The maximum atomic E-state index is 11.7. The van der Waals surface area contributed by atoms with Gasteiger partial charge in [-0.05, 0) is 6.07 Å². The van der Waals surface area contributed by atoms with E-state index >= 15 is 0 Å². The number of hydrogen-bond donors (Lipinski definition) is 4. The highest BCUT2D eigenvalue weighted by Crippen LogP contribution is 2.35. The maximum Gasteiger partial charge on any atom is 0.289 e. The summed E-state index contributed by atoms with van der Waals surface area (Å²) in [5.74, 6) is -0.306. The lowest BCUT2D eigenvalue weighted by atomic mass is 10.3. The van der Waals surface area contributed by atoms with Gasteiger partial charge in [-0.1, -0.05) is 11.8 Å². The molecule has 1 heterocycles. The Morgan fingerprint density at radius 2 is 2.00 bits per heavy atom. The topological polar surface area (TPSA) is 151 Å². The summed E-state index contributed by atoms with van der Waals surface area (Å²) in [7, 11) is 1.47. The fraction of sp³-hybridized carbons (Fsp3) is 0.300. The first-order valence-electron chi connectivity index (χ1n) is 6.01. The van der Waals surface area contributed by atoms with Crippen LogP contribution in [0.15, 0.2) is 23.1 Å². The second-order valence-corrected chi connectivity index (χ2v) is 5.39. The van der Waals surface area contributed by atoms with E-state index in [1.165, 1.54) is 19.2 Å². The van der Waals surface area contributed by atoms with Crippen LogP contribution in [0.4, 0.5) is 11.4 Å². The molecule has 1 amide bonds. The van der Waals surface area contributed by atoms with E-state index in [-0.39, 0.29) is 22.2 Å². The summed E-state index contributed by atoms with van der Waals surface area (Å²) in [6.45, 7) is 0. The Kier molecular flexibility index (Phi) is 4.87. The molecule has 0 aromatic heterocycles. The van der Waals surface area contributed by atoms with Crippen LogP contribution in [0.2, 0.25) is 0 Å². The number of amides is 1. The molecule has 1 fully saturated rings. The summed E-state index contributed by atoms with van der Waals surface area (Å²) >= 11 is 1.02. The summed E-state index contributed by atoms with van der Waals surface area (Å²) < 4.78 is 0. The number of nitrogens with one attached hydrogen (secondary N) is 4. The lowest BCUT2D eigenvalue weighted by Crippen LogP contribution is -2.45. The molecule has 2 rings (SSSR count). The third kappa shape index (κ3) is 3.30. The molecule has 1 aliphatic heterocycles. The summed E-state index contributed by atoms with van der Waals surface area (Å²) in [5, 5.41) is 23.7. The van der Waals surface area contributed by atoms with E-state index in [0.29, 0.717) is 0 Å². The van der Waals surface area contributed by atoms with Crippen LogP contribution in [0.25, 0.3) is 0 Å². The number of carbonyl (C=O) groups excluding carboxylic acids is 1. The van der Waals surface area contributed by atoms with Gasteiger partial charge in [-0.2, -0.15) is 5.53 Å². The number of hydrazine groups is 2. The fourth-order valence-corrected chi connectivity index (χ4v) is 2.92. The van der Waals surface area contributed by atoms with E-state index in [1.54, 1.807) is 0 Å². The quantitative estimate of drug-likeness (QED) is 0.419. The normalized spacial score (nSPS) is 20.6. The van der Waals surface area contributed by atoms with Gasteiger partial charge in [-0.25, -0.2) is 10.9 Å². The highest BCUT2D eigenvalue weighted by Gasteiger charge is 2.34. The van der Waals surface area contributed by atoms with Crippen molar-refractivity contribution in [3.05, 3.63) is 38.4 Å². The molecule has 0 aliphatic carbocycles. The van der Waals surface area contributed by atoms with Crippen LogP contribution in [-0.2, 0) is 4.79 Å². The zero-order valence-electron chi connectivity index (χ0n) is 11.2. The summed E-state index contributed by atoms with van der Waals surface area (Å²) in [5.41, 5.74) is 7.27. The highest BCUT2D eigenvalue weighted by molar-refractivity contribution is 8.00. The van der Waals surface area contributed by atoms with Crippen molar-refractivity contribution in [1.82, 2.24) is 21.7 Å². The summed E-state index contributed by atoms with van der Waals surface area (Å²) in [6.07, 6.45) is 0. The largest absolute Gasteiger partial charge is 0.358 e. The average Bonchev–Trinajstić information content (AvgIpc) is 2.94. The van der Waals surface area contributed by atoms with E-state index in [1.807, 2.05) is 0 Å². The van der Waals surface area contributed by atoms with Crippen molar-refractivity contribution in [3.63, 3.8) is 0 Å². The van der Waals surface area contributed by atoms with Gasteiger partial charge >= 0.3 is 0 Å². The smallest absolute Gasteiger partial charge is 0.289 e. The minimum absolute atomic E-state index is 0.215. The molecule has 1 aromatic rings.